The highest BCUT2D eigenvalue weighted by Gasteiger charge is 2.29. The number of amides is 3. The standard InChI is InChI=1S/C32H40N8O4/c1-20(2)16-26-30-35-21(3)38-40(30)15-14-39(32(43)22-11-12-33-29(18-22)44-4)13-7-10-28(41)36-27(31(42)37-26)17-23-19-34-25-9-6-5-8-24(23)25/h5-6,8-9,11-12,18-20,26-27,34H,7,10,13-17H2,1-4H3,(H,36,41)(H,37,42)/t26-,27+/m0/s1. The van der Waals surface area contributed by atoms with E-state index >= 15 is 0 Å². The number of aryl methyl sites for hydroxylation is 1. The summed E-state index contributed by atoms with van der Waals surface area (Å²) in [6.07, 6.45) is 4.94. The van der Waals surface area contributed by atoms with Crippen LogP contribution in [0.2, 0.25) is 0 Å². The Bertz CT molecular complexity index is 1630. The van der Waals surface area contributed by atoms with E-state index in [2.05, 4.69) is 39.5 Å². The predicted octanol–water partition coefficient (Wildman–Crippen LogP) is 3.34. The summed E-state index contributed by atoms with van der Waals surface area (Å²) in [4.78, 5) is 54.6. The number of nitrogens with one attached hydrogen (secondary N) is 3. The van der Waals surface area contributed by atoms with Crippen LogP contribution in [0, 0.1) is 12.8 Å². The molecule has 0 bridgehead atoms. The minimum Gasteiger partial charge on any atom is -0.481 e. The number of fused-ring (bicyclic) bond motifs is 2. The van der Waals surface area contributed by atoms with Crippen molar-refractivity contribution in [1.82, 2.24) is 40.3 Å². The lowest BCUT2D eigenvalue weighted by Crippen LogP contribution is -2.49. The van der Waals surface area contributed by atoms with Gasteiger partial charge in [0.25, 0.3) is 5.91 Å². The molecule has 0 saturated carbocycles. The van der Waals surface area contributed by atoms with E-state index in [1.807, 2.05) is 37.4 Å². The second-order valence-corrected chi connectivity index (χ2v) is 11.6. The lowest BCUT2D eigenvalue weighted by molar-refractivity contribution is -0.129. The lowest BCUT2D eigenvalue weighted by atomic mass is 10.0. The number of nitrogens with zero attached hydrogens (tertiary/aromatic N) is 5. The van der Waals surface area contributed by atoms with E-state index in [9.17, 15) is 14.4 Å². The highest BCUT2D eigenvalue weighted by atomic mass is 16.5. The first-order valence-electron chi connectivity index (χ1n) is 15.1. The topological polar surface area (TPSA) is 147 Å². The van der Waals surface area contributed by atoms with Crippen molar-refractivity contribution in [3.8, 4) is 5.88 Å². The molecule has 3 N–H and O–H groups in total. The van der Waals surface area contributed by atoms with Crippen LogP contribution in [0.25, 0.3) is 10.9 Å². The first-order valence-corrected chi connectivity index (χ1v) is 15.1. The fourth-order valence-electron chi connectivity index (χ4n) is 5.66. The van der Waals surface area contributed by atoms with Crippen LogP contribution >= 0.6 is 0 Å². The lowest BCUT2D eigenvalue weighted by Gasteiger charge is -2.27. The highest BCUT2D eigenvalue weighted by Crippen LogP contribution is 2.23. The van der Waals surface area contributed by atoms with Crippen LogP contribution in [-0.4, -0.2) is 73.6 Å². The second-order valence-electron chi connectivity index (χ2n) is 11.6. The monoisotopic (exact) mass is 600 g/mol. The zero-order valence-corrected chi connectivity index (χ0v) is 25.7. The minimum absolute atomic E-state index is 0.157. The third-order valence-corrected chi connectivity index (χ3v) is 7.78. The molecular formula is C32H40N8O4. The number of hydrogen-bond donors (Lipinski definition) is 3. The maximum atomic E-state index is 13.9. The molecule has 4 heterocycles. The van der Waals surface area contributed by atoms with Crippen molar-refractivity contribution in [3.05, 3.63) is 71.6 Å². The van der Waals surface area contributed by atoms with Gasteiger partial charge in [0, 0.05) is 60.9 Å². The van der Waals surface area contributed by atoms with Gasteiger partial charge in [-0.15, -0.1) is 0 Å². The number of para-hydroxylation sites is 1. The van der Waals surface area contributed by atoms with E-state index < -0.39 is 12.1 Å². The van der Waals surface area contributed by atoms with E-state index in [4.69, 9.17) is 9.72 Å². The molecule has 4 aromatic rings. The summed E-state index contributed by atoms with van der Waals surface area (Å²) in [5.74, 6) is 1.07. The highest BCUT2D eigenvalue weighted by molar-refractivity contribution is 5.94. The van der Waals surface area contributed by atoms with Crippen LogP contribution in [-0.2, 0) is 22.6 Å². The molecule has 3 amide bonds. The van der Waals surface area contributed by atoms with Gasteiger partial charge in [0.05, 0.1) is 19.7 Å². The van der Waals surface area contributed by atoms with E-state index in [1.54, 1.807) is 21.7 Å². The zero-order valence-electron chi connectivity index (χ0n) is 25.7. The number of benzene rings is 1. The number of aromatic amines is 1. The smallest absolute Gasteiger partial charge is 0.254 e. The molecule has 1 aromatic carbocycles. The van der Waals surface area contributed by atoms with Crippen molar-refractivity contribution in [2.45, 2.75) is 65.1 Å². The molecule has 1 aliphatic heterocycles. The van der Waals surface area contributed by atoms with Gasteiger partial charge in [-0.25, -0.2) is 14.6 Å². The minimum atomic E-state index is -0.807. The maximum absolute atomic E-state index is 13.9. The first kappa shape index (κ1) is 30.7. The number of ether oxygens (including phenoxy) is 1. The number of H-pyrrole nitrogens is 1. The zero-order chi connectivity index (χ0) is 31.2. The number of hydrogen-bond acceptors (Lipinski definition) is 7. The molecule has 5 rings (SSSR count). The third kappa shape index (κ3) is 7.24. The van der Waals surface area contributed by atoms with E-state index in [0.29, 0.717) is 62.0 Å². The number of carbonyl (C=O) groups excluding carboxylic acids is 3. The number of methoxy groups -OCH3 is 1. The Morgan fingerprint density at radius 2 is 1.91 bits per heavy atom. The molecule has 1 aliphatic rings. The van der Waals surface area contributed by atoms with Crippen molar-refractivity contribution >= 4 is 28.6 Å². The molecule has 0 saturated heterocycles. The quantitative estimate of drug-likeness (QED) is 0.308. The number of carbonyl (C=O) groups is 3. The molecule has 3 aromatic heterocycles. The third-order valence-electron chi connectivity index (χ3n) is 7.78. The first-order chi connectivity index (χ1) is 21.2. The van der Waals surface area contributed by atoms with Gasteiger partial charge in [-0.2, -0.15) is 5.10 Å². The Balaban J connectivity index is 1.47. The molecule has 0 aliphatic carbocycles. The predicted molar refractivity (Wildman–Crippen MR) is 165 cm³/mol. The Morgan fingerprint density at radius 1 is 1.09 bits per heavy atom. The Kier molecular flexibility index (Phi) is 9.56. The van der Waals surface area contributed by atoms with E-state index in [1.165, 1.54) is 13.3 Å². The number of rotatable bonds is 6. The van der Waals surface area contributed by atoms with Crippen LogP contribution < -0.4 is 15.4 Å². The van der Waals surface area contributed by atoms with Crippen LogP contribution in [0.3, 0.4) is 0 Å². The average Bonchev–Trinajstić information content (AvgIpc) is 3.59. The number of pyridine rings is 1. The molecule has 0 fully saturated rings. The van der Waals surface area contributed by atoms with Gasteiger partial charge in [0.2, 0.25) is 17.7 Å². The van der Waals surface area contributed by atoms with Crippen LogP contribution in [0.1, 0.15) is 66.7 Å². The van der Waals surface area contributed by atoms with Crippen LogP contribution in [0.4, 0.5) is 0 Å². The summed E-state index contributed by atoms with van der Waals surface area (Å²) in [7, 11) is 1.50. The summed E-state index contributed by atoms with van der Waals surface area (Å²) in [5.41, 5.74) is 2.35. The fraction of sp³-hybridized carbons (Fsp3) is 0.438. The normalized spacial score (nSPS) is 18.4. The molecule has 2 atom stereocenters. The summed E-state index contributed by atoms with van der Waals surface area (Å²) in [6, 6.07) is 9.89. The number of aromatic nitrogens is 5. The SMILES string of the molecule is COc1cc(C(=O)N2CCCC(=O)N[C@H](Cc3c[nH]c4ccccc34)C(=O)N[C@@H](CC(C)C)c3nc(C)nn3CC2)ccn1. The maximum Gasteiger partial charge on any atom is 0.254 e. The Hall–Kier alpha value is -4.74. The van der Waals surface area contributed by atoms with Crippen molar-refractivity contribution in [2.24, 2.45) is 5.92 Å². The molecule has 12 heteroatoms. The van der Waals surface area contributed by atoms with Crippen molar-refractivity contribution in [2.75, 3.05) is 20.2 Å². The van der Waals surface area contributed by atoms with Crippen molar-refractivity contribution in [3.63, 3.8) is 0 Å². The van der Waals surface area contributed by atoms with Crippen molar-refractivity contribution < 1.29 is 19.1 Å². The summed E-state index contributed by atoms with van der Waals surface area (Å²) in [6.45, 7) is 7.04. The van der Waals surface area contributed by atoms with Crippen LogP contribution in [0.15, 0.2) is 48.8 Å². The van der Waals surface area contributed by atoms with Gasteiger partial charge in [-0.3, -0.25) is 14.4 Å². The molecule has 0 unspecified atom stereocenters. The van der Waals surface area contributed by atoms with Gasteiger partial charge >= 0.3 is 0 Å². The molecule has 44 heavy (non-hydrogen) atoms. The molecule has 12 nitrogen and oxygen atoms in total. The van der Waals surface area contributed by atoms with Crippen molar-refractivity contribution in [1.29, 1.82) is 0 Å². The fourth-order valence-corrected chi connectivity index (χ4v) is 5.66. The summed E-state index contributed by atoms with van der Waals surface area (Å²) < 4.78 is 7.01. The second kappa shape index (κ2) is 13.7. The van der Waals surface area contributed by atoms with Gasteiger partial charge in [0.1, 0.15) is 17.7 Å². The van der Waals surface area contributed by atoms with Gasteiger partial charge in [-0.05, 0) is 43.4 Å². The van der Waals surface area contributed by atoms with Gasteiger partial charge < -0.3 is 25.3 Å². The largest absolute Gasteiger partial charge is 0.481 e. The summed E-state index contributed by atoms with van der Waals surface area (Å²) in [5, 5.41) is 11.8. The van der Waals surface area contributed by atoms with Gasteiger partial charge in [-0.1, -0.05) is 32.0 Å². The molecule has 232 valence electrons. The summed E-state index contributed by atoms with van der Waals surface area (Å²) >= 11 is 0. The van der Waals surface area contributed by atoms with Crippen LogP contribution in [0.5, 0.6) is 5.88 Å². The molecule has 0 radical (unpaired) electrons. The Labute approximate surface area is 256 Å². The van der Waals surface area contributed by atoms with E-state index in [-0.39, 0.29) is 30.1 Å². The van der Waals surface area contributed by atoms with Gasteiger partial charge in [0.15, 0.2) is 0 Å². The average molecular weight is 601 g/mol. The molecular weight excluding hydrogens is 560 g/mol. The molecule has 0 spiro atoms. The van der Waals surface area contributed by atoms with E-state index in [0.717, 1.165) is 16.5 Å². The Morgan fingerprint density at radius 3 is 2.70 bits per heavy atom.